The molecule has 1 aromatic heterocycles. The summed E-state index contributed by atoms with van der Waals surface area (Å²) in [5, 5.41) is 9.93. The number of aryl methyl sites for hydroxylation is 1. The van der Waals surface area contributed by atoms with E-state index in [4.69, 9.17) is 10.5 Å². The minimum absolute atomic E-state index is 0.139. The van der Waals surface area contributed by atoms with Crippen molar-refractivity contribution < 1.29 is 17.9 Å². The van der Waals surface area contributed by atoms with Crippen LogP contribution in [0.1, 0.15) is 31.5 Å². The zero-order chi connectivity index (χ0) is 18.2. The van der Waals surface area contributed by atoms with Gasteiger partial charge in [0.25, 0.3) is 0 Å². The highest BCUT2D eigenvalue weighted by Crippen LogP contribution is 2.34. The maximum absolute atomic E-state index is 13.0. The summed E-state index contributed by atoms with van der Waals surface area (Å²) < 4.78 is 46.2. The third kappa shape index (κ3) is 3.79. The van der Waals surface area contributed by atoms with E-state index in [0.717, 1.165) is 25.6 Å². The van der Waals surface area contributed by atoms with E-state index in [9.17, 15) is 13.2 Å². The topological polar surface area (TPSA) is 89.5 Å². The molecule has 138 valence electrons. The fourth-order valence-electron chi connectivity index (χ4n) is 2.90. The molecule has 4 N–H and O–H groups in total. The van der Waals surface area contributed by atoms with E-state index in [-0.39, 0.29) is 12.0 Å². The maximum Gasteiger partial charge on any atom is 0.417 e. The summed E-state index contributed by atoms with van der Waals surface area (Å²) in [6.07, 6.45) is 0.0303. The fourth-order valence-corrected chi connectivity index (χ4v) is 2.90. The van der Waals surface area contributed by atoms with Crippen molar-refractivity contribution in [1.29, 1.82) is 0 Å². The lowest BCUT2D eigenvalue weighted by Crippen LogP contribution is -2.49. The summed E-state index contributed by atoms with van der Waals surface area (Å²) in [6.45, 7) is 4.37. The number of anilines is 1. The number of hydrogen-bond donors (Lipinski definition) is 3. The number of nitrogens with zero attached hydrogens (tertiary/aromatic N) is 3. The molecule has 2 unspecified atom stereocenters. The Labute approximate surface area is 143 Å². The number of hydrogen-bond acceptors (Lipinski definition) is 6. The number of alkyl halides is 3. The Morgan fingerprint density at radius 2 is 2.24 bits per heavy atom. The number of aromatic nitrogens is 2. The number of aliphatic imine (C=N–C) groups is 1. The van der Waals surface area contributed by atoms with E-state index in [1.807, 2.05) is 11.6 Å². The first-order chi connectivity index (χ1) is 11.7. The van der Waals surface area contributed by atoms with Gasteiger partial charge in [0.1, 0.15) is 5.66 Å². The molecular weight excluding hydrogens is 337 g/mol. The van der Waals surface area contributed by atoms with Crippen LogP contribution >= 0.6 is 0 Å². The van der Waals surface area contributed by atoms with Crippen LogP contribution < -0.4 is 16.4 Å². The number of nitrogens with one attached hydrogen (secondary N) is 2. The van der Waals surface area contributed by atoms with E-state index in [1.165, 1.54) is 6.92 Å². The minimum atomic E-state index is -4.55. The SMILES string of the molecule is Cc1nn(C2CCCOC2)cc1NC1=NC(C)(N)C(C(F)(F)F)=CN1. The predicted molar refractivity (Wildman–Crippen MR) is 87.0 cm³/mol. The molecule has 25 heavy (non-hydrogen) atoms. The second-order valence-electron chi connectivity index (χ2n) is 6.41. The molecule has 2 atom stereocenters. The standard InChI is InChI=1S/C15H21F3N6O/c1-9-11(7-24(23-9)10-4-3-5-25-8-10)21-13-20-6-12(15(16,17)18)14(2,19)22-13/h6-7,10H,3-5,8,19H2,1-2H3,(H2,20,21,22). The number of rotatable bonds is 2. The molecule has 0 amide bonds. The number of halogens is 3. The van der Waals surface area contributed by atoms with Gasteiger partial charge in [0.05, 0.1) is 29.6 Å². The lowest BCUT2D eigenvalue weighted by atomic mass is 10.0. The second kappa shape index (κ2) is 6.34. The monoisotopic (exact) mass is 358 g/mol. The van der Waals surface area contributed by atoms with Crippen LogP contribution in [-0.2, 0) is 4.74 Å². The Balaban J connectivity index is 1.75. The predicted octanol–water partition coefficient (Wildman–Crippen LogP) is 2.04. The molecule has 10 heteroatoms. The molecule has 3 rings (SSSR count). The van der Waals surface area contributed by atoms with Crippen molar-refractivity contribution in [3.05, 3.63) is 23.7 Å². The van der Waals surface area contributed by atoms with Crippen molar-refractivity contribution in [2.75, 3.05) is 18.5 Å². The van der Waals surface area contributed by atoms with Crippen molar-refractivity contribution in [1.82, 2.24) is 15.1 Å². The molecule has 1 saturated heterocycles. The summed E-state index contributed by atoms with van der Waals surface area (Å²) in [4.78, 5) is 3.94. The number of nitrogens with two attached hydrogens (primary N) is 1. The van der Waals surface area contributed by atoms with Crippen LogP contribution in [0.2, 0.25) is 0 Å². The van der Waals surface area contributed by atoms with Gasteiger partial charge in [-0.3, -0.25) is 4.68 Å². The highest BCUT2D eigenvalue weighted by Gasteiger charge is 2.45. The maximum atomic E-state index is 13.0. The van der Waals surface area contributed by atoms with E-state index >= 15 is 0 Å². The molecule has 0 saturated carbocycles. The molecule has 1 fully saturated rings. The quantitative estimate of drug-likeness (QED) is 0.753. The molecule has 3 heterocycles. The van der Waals surface area contributed by atoms with Crippen molar-refractivity contribution in [2.24, 2.45) is 10.7 Å². The third-order valence-corrected chi connectivity index (χ3v) is 4.23. The molecule has 0 aliphatic carbocycles. The summed E-state index contributed by atoms with van der Waals surface area (Å²) in [7, 11) is 0. The average Bonchev–Trinajstić information content (AvgIpc) is 2.87. The first-order valence-corrected chi connectivity index (χ1v) is 8.00. The van der Waals surface area contributed by atoms with E-state index in [1.54, 1.807) is 6.20 Å². The largest absolute Gasteiger partial charge is 0.417 e. The van der Waals surface area contributed by atoms with Crippen LogP contribution in [0.5, 0.6) is 0 Å². The van der Waals surface area contributed by atoms with Crippen LogP contribution in [0, 0.1) is 6.92 Å². The molecule has 0 bridgehead atoms. The Kier molecular flexibility index (Phi) is 4.50. The first-order valence-electron chi connectivity index (χ1n) is 8.00. The summed E-state index contributed by atoms with van der Waals surface area (Å²) in [6, 6.07) is 0.153. The van der Waals surface area contributed by atoms with Crippen LogP contribution in [0.25, 0.3) is 0 Å². The smallest absolute Gasteiger partial charge is 0.379 e. The van der Waals surface area contributed by atoms with Gasteiger partial charge in [0.15, 0.2) is 0 Å². The average molecular weight is 358 g/mol. The minimum Gasteiger partial charge on any atom is -0.379 e. The van der Waals surface area contributed by atoms with E-state index in [0.29, 0.717) is 18.0 Å². The van der Waals surface area contributed by atoms with Gasteiger partial charge in [-0.15, -0.1) is 0 Å². The van der Waals surface area contributed by atoms with E-state index in [2.05, 4.69) is 20.7 Å². The van der Waals surface area contributed by atoms with Crippen LogP contribution in [-0.4, -0.2) is 40.8 Å². The Hall–Kier alpha value is -2.07. The second-order valence-corrected chi connectivity index (χ2v) is 6.41. The fraction of sp³-hybridized carbons (Fsp3) is 0.600. The lowest BCUT2D eigenvalue weighted by molar-refractivity contribution is -0.100. The van der Waals surface area contributed by atoms with Crippen molar-refractivity contribution in [3.63, 3.8) is 0 Å². The van der Waals surface area contributed by atoms with Gasteiger partial charge in [-0.25, -0.2) is 4.99 Å². The first kappa shape index (κ1) is 17.7. The Bertz CT molecular complexity index is 701. The summed E-state index contributed by atoms with van der Waals surface area (Å²) in [5.74, 6) is 0.139. The molecule has 1 aromatic rings. The van der Waals surface area contributed by atoms with Gasteiger partial charge >= 0.3 is 6.18 Å². The van der Waals surface area contributed by atoms with E-state index < -0.39 is 17.4 Å². The lowest BCUT2D eigenvalue weighted by Gasteiger charge is -2.30. The number of ether oxygens (including phenoxy) is 1. The molecule has 7 nitrogen and oxygen atoms in total. The van der Waals surface area contributed by atoms with Gasteiger partial charge < -0.3 is 21.1 Å². The number of guanidine groups is 1. The van der Waals surface area contributed by atoms with Gasteiger partial charge in [0, 0.05) is 19.0 Å². The van der Waals surface area contributed by atoms with Gasteiger partial charge in [-0.2, -0.15) is 18.3 Å². The molecule has 0 aromatic carbocycles. The van der Waals surface area contributed by atoms with Gasteiger partial charge in [-0.1, -0.05) is 0 Å². The molecule has 0 radical (unpaired) electrons. The van der Waals surface area contributed by atoms with Gasteiger partial charge in [-0.05, 0) is 26.7 Å². The normalized spacial score (nSPS) is 27.4. The van der Waals surface area contributed by atoms with Gasteiger partial charge in [0.2, 0.25) is 5.96 Å². The van der Waals surface area contributed by atoms with Crippen molar-refractivity contribution in [2.45, 2.75) is 44.6 Å². The molecule has 2 aliphatic heterocycles. The Morgan fingerprint density at radius 3 is 2.84 bits per heavy atom. The highest BCUT2D eigenvalue weighted by atomic mass is 19.4. The van der Waals surface area contributed by atoms with Crippen LogP contribution in [0.3, 0.4) is 0 Å². The zero-order valence-corrected chi connectivity index (χ0v) is 14.0. The van der Waals surface area contributed by atoms with Crippen molar-refractivity contribution >= 4 is 11.6 Å². The molecular formula is C15H21F3N6O. The summed E-state index contributed by atoms with van der Waals surface area (Å²) >= 11 is 0. The Morgan fingerprint density at radius 1 is 1.48 bits per heavy atom. The van der Waals surface area contributed by atoms with Crippen molar-refractivity contribution in [3.8, 4) is 0 Å². The highest BCUT2D eigenvalue weighted by molar-refractivity contribution is 5.95. The van der Waals surface area contributed by atoms with Crippen LogP contribution in [0.4, 0.5) is 18.9 Å². The third-order valence-electron chi connectivity index (χ3n) is 4.23. The van der Waals surface area contributed by atoms with Crippen LogP contribution in [0.15, 0.2) is 23.0 Å². The molecule has 2 aliphatic rings. The molecule has 0 spiro atoms. The summed E-state index contributed by atoms with van der Waals surface area (Å²) in [5.41, 5.74) is 4.28. The zero-order valence-electron chi connectivity index (χ0n) is 14.0.